The molecule has 7 heteroatoms. The van der Waals surface area contributed by atoms with Crippen molar-refractivity contribution < 1.29 is 9.90 Å². The molecule has 2 N–H and O–H groups in total. The molecule has 0 atom stereocenters. The van der Waals surface area contributed by atoms with Crippen molar-refractivity contribution in [1.29, 1.82) is 0 Å². The highest BCUT2D eigenvalue weighted by Gasteiger charge is 2.12. The zero-order valence-corrected chi connectivity index (χ0v) is 12.3. The number of benzene rings is 1. The van der Waals surface area contributed by atoms with E-state index in [9.17, 15) is 4.79 Å². The number of carbonyl (C=O) groups excluding carboxylic acids is 1. The summed E-state index contributed by atoms with van der Waals surface area (Å²) in [5.41, 5.74) is 0.314. The minimum atomic E-state index is -0.373. The predicted molar refractivity (Wildman–Crippen MR) is 80.5 cm³/mol. The Kier molecular flexibility index (Phi) is 4.99. The fraction of sp³-hybridized carbons (Fsp3) is 0.0769. The quantitative estimate of drug-likeness (QED) is 0.834. The van der Waals surface area contributed by atoms with Gasteiger partial charge >= 0.3 is 0 Å². The number of anilines is 1. The second-order valence-corrected chi connectivity index (χ2v) is 5.44. The van der Waals surface area contributed by atoms with Crippen molar-refractivity contribution in [3.8, 4) is 11.8 Å². The summed E-state index contributed by atoms with van der Waals surface area (Å²) in [5.74, 6) is 4.84. The molecule has 0 aliphatic rings. The van der Waals surface area contributed by atoms with Crippen LogP contribution in [-0.2, 0) is 0 Å². The normalized spacial score (nSPS) is 9.75. The number of carbonyl (C=O) groups is 1. The van der Waals surface area contributed by atoms with Gasteiger partial charge in [0.2, 0.25) is 0 Å². The molecule has 0 spiro atoms. The van der Waals surface area contributed by atoms with Crippen LogP contribution in [0.1, 0.15) is 15.2 Å². The largest absolute Gasteiger partial charge is 0.384 e. The van der Waals surface area contributed by atoms with Gasteiger partial charge < -0.3 is 5.11 Å². The maximum atomic E-state index is 12.0. The fourth-order valence-corrected chi connectivity index (χ4v) is 2.53. The van der Waals surface area contributed by atoms with Crippen LogP contribution in [0.2, 0.25) is 10.0 Å². The van der Waals surface area contributed by atoms with Crippen molar-refractivity contribution in [3.05, 3.63) is 44.9 Å². The minimum absolute atomic E-state index is 0.222. The molecule has 1 heterocycles. The Balaban J connectivity index is 2.13. The van der Waals surface area contributed by atoms with E-state index in [-0.39, 0.29) is 17.5 Å². The molecule has 20 heavy (non-hydrogen) atoms. The first-order valence-corrected chi connectivity index (χ1v) is 6.99. The number of aliphatic hydroxyl groups is 1. The lowest BCUT2D eigenvalue weighted by Gasteiger charge is -2.04. The van der Waals surface area contributed by atoms with Crippen LogP contribution in [-0.4, -0.2) is 22.6 Å². The molecule has 0 radical (unpaired) electrons. The molecule has 0 saturated carbocycles. The molecular weight excluding hydrogens is 319 g/mol. The SMILES string of the molecule is O=C(Nc1ncc(C#CCO)s1)c1ccc(Cl)cc1Cl. The Hall–Kier alpha value is -1.58. The van der Waals surface area contributed by atoms with Crippen LogP contribution in [0.5, 0.6) is 0 Å². The van der Waals surface area contributed by atoms with Crippen molar-refractivity contribution in [2.24, 2.45) is 0 Å². The zero-order chi connectivity index (χ0) is 14.5. The summed E-state index contributed by atoms with van der Waals surface area (Å²) in [6.07, 6.45) is 1.52. The number of hydrogen-bond donors (Lipinski definition) is 2. The number of nitrogens with zero attached hydrogens (tertiary/aromatic N) is 1. The van der Waals surface area contributed by atoms with Crippen molar-refractivity contribution in [3.63, 3.8) is 0 Å². The van der Waals surface area contributed by atoms with E-state index in [1.807, 2.05) is 0 Å². The first-order valence-electron chi connectivity index (χ1n) is 5.42. The van der Waals surface area contributed by atoms with E-state index < -0.39 is 0 Å². The summed E-state index contributed by atoms with van der Waals surface area (Å²) >= 11 is 12.9. The number of rotatable bonds is 2. The van der Waals surface area contributed by atoms with E-state index in [2.05, 4.69) is 22.1 Å². The summed E-state index contributed by atoms with van der Waals surface area (Å²) < 4.78 is 0. The maximum absolute atomic E-state index is 12.0. The van der Waals surface area contributed by atoms with Gasteiger partial charge in [-0.2, -0.15) is 0 Å². The monoisotopic (exact) mass is 326 g/mol. The maximum Gasteiger partial charge on any atom is 0.258 e. The predicted octanol–water partition coefficient (Wildman–Crippen LogP) is 3.05. The van der Waals surface area contributed by atoms with Gasteiger partial charge in [-0.15, -0.1) is 0 Å². The molecule has 0 fully saturated rings. The summed E-state index contributed by atoms with van der Waals surface area (Å²) in [7, 11) is 0. The van der Waals surface area contributed by atoms with Gasteiger partial charge in [0.25, 0.3) is 5.91 Å². The molecule has 0 aliphatic carbocycles. The highest BCUT2D eigenvalue weighted by Crippen LogP contribution is 2.23. The highest BCUT2D eigenvalue weighted by molar-refractivity contribution is 7.16. The molecule has 1 aromatic heterocycles. The molecule has 2 aromatic rings. The van der Waals surface area contributed by atoms with Crippen LogP contribution in [0.25, 0.3) is 0 Å². The standard InChI is InChI=1S/C13H8Cl2N2O2S/c14-8-3-4-10(11(15)6-8)12(19)17-13-16-7-9(20-13)2-1-5-18/h3-4,6-7,18H,5H2,(H,16,17,19). The molecule has 102 valence electrons. The molecule has 4 nitrogen and oxygen atoms in total. The highest BCUT2D eigenvalue weighted by atomic mass is 35.5. The molecule has 1 amide bonds. The van der Waals surface area contributed by atoms with Gasteiger partial charge in [0.1, 0.15) is 6.61 Å². The average Bonchev–Trinajstić information content (AvgIpc) is 2.83. The van der Waals surface area contributed by atoms with E-state index in [1.54, 1.807) is 12.1 Å². The van der Waals surface area contributed by atoms with Gasteiger partial charge in [-0.25, -0.2) is 4.98 Å². The zero-order valence-electron chi connectivity index (χ0n) is 9.98. The second-order valence-electron chi connectivity index (χ2n) is 3.57. The summed E-state index contributed by atoms with van der Waals surface area (Å²) in [6, 6.07) is 4.63. The van der Waals surface area contributed by atoms with Crippen LogP contribution in [0.3, 0.4) is 0 Å². The smallest absolute Gasteiger partial charge is 0.258 e. The van der Waals surface area contributed by atoms with Gasteiger partial charge in [0.15, 0.2) is 5.13 Å². The van der Waals surface area contributed by atoms with E-state index in [1.165, 1.54) is 23.6 Å². The van der Waals surface area contributed by atoms with Gasteiger partial charge in [-0.1, -0.05) is 46.4 Å². The lowest BCUT2D eigenvalue weighted by atomic mass is 10.2. The summed E-state index contributed by atoms with van der Waals surface area (Å²) in [6.45, 7) is -0.222. The van der Waals surface area contributed by atoms with E-state index >= 15 is 0 Å². The van der Waals surface area contributed by atoms with Crippen molar-refractivity contribution in [2.75, 3.05) is 11.9 Å². The molecule has 2 rings (SSSR count). The van der Waals surface area contributed by atoms with Crippen molar-refractivity contribution in [2.45, 2.75) is 0 Å². The Labute approximate surface area is 129 Å². The fourth-order valence-electron chi connectivity index (χ4n) is 1.35. The summed E-state index contributed by atoms with van der Waals surface area (Å²) in [5, 5.41) is 12.4. The van der Waals surface area contributed by atoms with Crippen LogP contribution >= 0.6 is 34.5 Å². The summed E-state index contributed by atoms with van der Waals surface area (Å²) in [4.78, 5) is 16.7. The van der Waals surface area contributed by atoms with E-state index in [0.717, 1.165) is 0 Å². The Morgan fingerprint density at radius 2 is 2.25 bits per heavy atom. The van der Waals surface area contributed by atoms with Gasteiger partial charge in [-0.05, 0) is 18.2 Å². The lowest BCUT2D eigenvalue weighted by molar-refractivity contribution is 0.102. The third-order valence-corrected chi connectivity index (χ3v) is 3.57. The Bertz CT molecular complexity index is 704. The Morgan fingerprint density at radius 1 is 1.45 bits per heavy atom. The first kappa shape index (κ1) is 14.8. The lowest BCUT2D eigenvalue weighted by Crippen LogP contribution is -2.12. The number of amides is 1. The van der Waals surface area contributed by atoms with Gasteiger partial charge in [0.05, 0.1) is 21.7 Å². The van der Waals surface area contributed by atoms with Crippen LogP contribution in [0.4, 0.5) is 5.13 Å². The number of aliphatic hydroxyl groups excluding tert-OH is 1. The number of halogens is 2. The van der Waals surface area contributed by atoms with Gasteiger partial charge in [-0.3, -0.25) is 10.1 Å². The average molecular weight is 327 g/mol. The van der Waals surface area contributed by atoms with Crippen LogP contribution in [0.15, 0.2) is 24.4 Å². The van der Waals surface area contributed by atoms with Crippen LogP contribution < -0.4 is 5.32 Å². The van der Waals surface area contributed by atoms with Crippen molar-refractivity contribution in [1.82, 2.24) is 4.98 Å². The third kappa shape index (κ3) is 3.71. The third-order valence-electron chi connectivity index (χ3n) is 2.19. The first-order chi connectivity index (χ1) is 9.60. The molecule has 0 unspecified atom stereocenters. The van der Waals surface area contributed by atoms with E-state index in [0.29, 0.717) is 20.6 Å². The Morgan fingerprint density at radius 3 is 2.95 bits per heavy atom. The molecule has 0 saturated heterocycles. The molecule has 0 bridgehead atoms. The molecular formula is C13H8Cl2N2O2S. The number of nitrogens with one attached hydrogen (secondary N) is 1. The number of hydrogen-bond acceptors (Lipinski definition) is 4. The van der Waals surface area contributed by atoms with Gasteiger partial charge in [0, 0.05) is 5.02 Å². The van der Waals surface area contributed by atoms with E-state index in [4.69, 9.17) is 28.3 Å². The minimum Gasteiger partial charge on any atom is -0.384 e. The molecule has 0 aliphatic heterocycles. The van der Waals surface area contributed by atoms with Crippen LogP contribution in [0, 0.1) is 11.8 Å². The second kappa shape index (κ2) is 6.73. The number of thiazole rings is 1. The molecule has 1 aromatic carbocycles. The van der Waals surface area contributed by atoms with Crippen molar-refractivity contribution >= 4 is 45.6 Å². The number of aromatic nitrogens is 1. The topological polar surface area (TPSA) is 62.2 Å².